The molecule has 0 unspecified atom stereocenters. The molecular weight excluding hydrogens is 366 g/mol. The van der Waals surface area contributed by atoms with E-state index in [4.69, 9.17) is 9.47 Å². The van der Waals surface area contributed by atoms with Crippen molar-refractivity contribution in [3.8, 4) is 11.5 Å². The third-order valence-corrected chi connectivity index (χ3v) is 3.61. The van der Waals surface area contributed by atoms with Crippen molar-refractivity contribution < 1.29 is 14.4 Å². The van der Waals surface area contributed by atoms with E-state index in [-0.39, 0.29) is 5.69 Å². The molecule has 23 heavy (non-hydrogen) atoms. The van der Waals surface area contributed by atoms with E-state index in [2.05, 4.69) is 26.5 Å². The average molecular weight is 380 g/mol. The van der Waals surface area contributed by atoms with Gasteiger partial charge in [0.2, 0.25) is 0 Å². The van der Waals surface area contributed by atoms with E-state index >= 15 is 0 Å². The minimum atomic E-state index is -0.470. The predicted octanol–water partition coefficient (Wildman–Crippen LogP) is 3.82. The molecule has 8 heteroatoms. The Morgan fingerprint density at radius 3 is 2.57 bits per heavy atom. The van der Waals surface area contributed by atoms with Crippen molar-refractivity contribution >= 4 is 33.5 Å². The van der Waals surface area contributed by atoms with Gasteiger partial charge in [0.15, 0.2) is 0 Å². The summed E-state index contributed by atoms with van der Waals surface area (Å²) in [5.74, 6) is 1.20. The molecule has 0 fully saturated rings. The Morgan fingerprint density at radius 1 is 1.22 bits per heavy atom. The molecule has 0 atom stereocenters. The van der Waals surface area contributed by atoms with Crippen molar-refractivity contribution in [1.29, 1.82) is 0 Å². The second-order valence-electron chi connectivity index (χ2n) is 4.37. The molecule has 0 aliphatic rings. The number of para-hydroxylation sites is 2. The van der Waals surface area contributed by atoms with Crippen LogP contribution in [0.25, 0.3) is 0 Å². The topological polar surface area (TPSA) is 86.0 Å². The molecule has 0 bridgehead atoms. The lowest BCUT2D eigenvalue weighted by Gasteiger charge is -2.09. The first-order chi connectivity index (χ1) is 11.1. The van der Waals surface area contributed by atoms with Crippen LogP contribution in [0.5, 0.6) is 11.5 Å². The van der Waals surface area contributed by atoms with E-state index in [0.29, 0.717) is 22.7 Å². The van der Waals surface area contributed by atoms with Crippen LogP contribution in [0.4, 0.5) is 11.4 Å². The maximum atomic E-state index is 10.9. The quantitative estimate of drug-likeness (QED) is 0.468. The Bertz CT molecular complexity index is 749. The van der Waals surface area contributed by atoms with Crippen molar-refractivity contribution in [3.05, 3.63) is 56.5 Å². The Balaban J connectivity index is 2.25. The number of hydrogen-bond donors (Lipinski definition) is 1. The molecule has 0 spiro atoms. The molecule has 0 aromatic heterocycles. The van der Waals surface area contributed by atoms with Crippen molar-refractivity contribution in [3.63, 3.8) is 0 Å². The zero-order chi connectivity index (χ0) is 16.8. The maximum Gasteiger partial charge on any atom is 0.294 e. The number of ether oxygens (including phenoxy) is 2. The van der Waals surface area contributed by atoms with Gasteiger partial charge in [0.05, 0.1) is 29.8 Å². The van der Waals surface area contributed by atoms with E-state index in [1.165, 1.54) is 19.4 Å². The van der Waals surface area contributed by atoms with Crippen molar-refractivity contribution in [2.75, 3.05) is 19.6 Å². The highest BCUT2D eigenvalue weighted by Crippen LogP contribution is 2.32. The Labute approximate surface area is 141 Å². The maximum absolute atomic E-state index is 10.9. The lowest BCUT2D eigenvalue weighted by molar-refractivity contribution is -0.384. The largest absolute Gasteiger partial charge is 0.496 e. The molecular formula is C15H14BrN3O4. The number of nitro benzene ring substituents is 1. The van der Waals surface area contributed by atoms with Crippen LogP contribution in [0.15, 0.2) is 46.0 Å². The molecule has 2 aromatic rings. The molecule has 2 rings (SSSR count). The number of nitro groups is 1. The van der Waals surface area contributed by atoms with Crippen LogP contribution < -0.4 is 14.9 Å². The Morgan fingerprint density at radius 2 is 1.91 bits per heavy atom. The molecule has 0 aliphatic heterocycles. The number of methoxy groups -OCH3 is 2. The lowest BCUT2D eigenvalue weighted by Crippen LogP contribution is -1.98. The minimum absolute atomic E-state index is 0.0486. The van der Waals surface area contributed by atoms with E-state index in [9.17, 15) is 10.1 Å². The summed E-state index contributed by atoms with van der Waals surface area (Å²) < 4.78 is 11.2. The lowest BCUT2D eigenvalue weighted by atomic mass is 10.2. The highest BCUT2D eigenvalue weighted by Gasteiger charge is 2.11. The normalized spacial score (nSPS) is 10.6. The number of nitrogens with one attached hydrogen (secondary N) is 1. The highest BCUT2D eigenvalue weighted by molar-refractivity contribution is 9.10. The SMILES string of the molecule is COc1cc(OC)c(C=NNc2ccccc2[N+](=O)[O-])cc1Br. The smallest absolute Gasteiger partial charge is 0.294 e. The molecule has 0 amide bonds. The Hall–Kier alpha value is -2.61. The van der Waals surface area contributed by atoms with Gasteiger partial charge < -0.3 is 9.47 Å². The zero-order valence-electron chi connectivity index (χ0n) is 12.4. The summed E-state index contributed by atoms with van der Waals surface area (Å²) in [7, 11) is 3.10. The van der Waals surface area contributed by atoms with E-state index in [0.717, 1.165) is 4.47 Å². The molecule has 0 saturated heterocycles. The molecule has 0 radical (unpaired) electrons. The third kappa shape index (κ3) is 3.98. The van der Waals surface area contributed by atoms with Crippen molar-refractivity contribution in [2.24, 2.45) is 5.10 Å². The first kappa shape index (κ1) is 16.8. The van der Waals surface area contributed by atoms with Crippen LogP contribution in [0.3, 0.4) is 0 Å². The summed E-state index contributed by atoms with van der Waals surface area (Å²) in [5.41, 5.74) is 3.61. The number of hydrazone groups is 1. The van der Waals surface area contributed by atoms with Crippen LogP contribution in [-0.2, 0) is 0 Å². The van der Waals surface area contributed by atoms with Gasteiger partial charge in [-0.1, -0.05) is 12.1 Å². The minimum Gasteiger partial charge on any atom is -0.496 e. The molecule has 120 valence electrons. The molecule has 7 nitrogen and oxygen atoms in total. The second-order valence-corrected chi connectivity index (χ2v) is 5.23. The molecule has 1 N–H and O–H groups in total. The molecule has 2 aromatic carbocycles. The van der Waals surface area contributed by atoms with Crippen LogP contribution in [0.2, 0.25) is 0 Å². The fourth-order valence-electron chi connectivity index (χ4n) is 1.88. The zero-order valence-corrected chi connectivity index (χ0v) is 14.0. The summed E-state index contributed by atoms with van der Waals surface area (Å²) in [4.78, 5) is 10.5. The first-order valence-corrected chi connectivity index (χ1v) is 7.30. The summed E-state index contributed by atoms with van der Waals surface area (Å²) in [6, 6.07) is 9.77. The standard InChI is InChI=1S/C15H14BrN3O4/c1-22-14-8-15(23-2)11(16)7-10(14)9-17-18-12-5-3-4-6-13(12)19(20)21/h3-9,18H,1-2H3. The number of rotatable bonds is 6. The number of anilines is 1. The summed E-state index contributed by atoms with van der Waals surface area (Å²) in [6.07, 6.45) is 1.51. The van der Waals surface area contributed by atoms with Gasteiger partial charge in [0.25, 0.3) is 5.69 Å². The van der Waals surface area contributed by atoms with E-state index in [1.54, 1.807) is 37.4 Å². The predicted molar refractivity (Wildman–Crippen MR) is 91.6 cm³/mol. The van der Waals surface area contributed by atoms with Gasteiger partial charge in [0.1, 0.15) is 17.2 Å². The third-order valence-electron chi connectivity index (χ3n) is 2.99. The van der Waals surface area contributed by atoms with Crippen LogP contribution in [0, 0.1) is 10.1 Å². The Kier molecular flexibility index (Phi) is 5.53. The number of nitrogens with zero attached hydrogens (tertiary/aromatic N) is 2. The average Bonchev–Trinajstić information content (AvgIpc) is 2.55. The number of hydrogen-bond acceptors (Lipinski definition) is 6. The highest BCUT2D eigenvalue weighted by atomic mass is 79.9. The van der Waals surface area contributed by atoms with Crippen molar-refractivity contribution in [2.45, 2.75) is 0 Å². The summed E-state index contributed by atoms with van der Waals surface area (Å²) in [6.45, 7) is 0. The fourth-order valence-corrected chi connectivity index (χ4v) is 2.41. The number of halogens is 1. The van der Waals surface area contributed by atoms with Gasteiger partial charge in [-0.05, 0) is 28.1 Å². The van der Waals surface area contributed by atoms with E-state index < -0.39 is 4.92 Å². The first-order valence-electron chi connectivity index (χ1n) is 6.51. The summed E-state index contributed by atoms with van der Waals surface area (Å²) >= 11 is 3.39. The fraction of sp³-hybridized carbons (Fsp3) is 0.133. The molecule has 0 aliphatic carbocycles. The van der Waals surface area contributed by atoms with Gasteiger partial charge in [-0.3, -0.25) is 15.5 Å². The second kappa shape index (κ2) is 7.59. The van der Waals surface area contributed by atoms with Crippen LogP contribution >= 0.6 is 15.9 Å². The van der Waals surface area contributed by atoms with Gasteiger partial charge in [-0.15, -0.1) is 0 Å². The molecule has 0 saturated carbocycles. The summed E-state index contributed by atoms with van der Waals surface area (Å²) in [5, 5.41) is 15.0. The van der Waals surface area contributed by atoms with Gasteiger partial charge in [-0.2, -0.15) is 5.10 Å². The van der Waals surface area contributed by atoms with Crippen LogP contribution in [0.1, 0.15) is 5.56 Å². The van der Waals surface area contributed by atoms with Crippen LogP contribution in [-0.4, -0.2) is 25.4 Å². The van der Waals surface area contributed by atoms with E-state index in [1.807, 2.05) is 0 Å². The monoisotopic (exact) mass is 379 g/mol. The number of benzene rings is 2. The van der Waals surface area contributed by atoms with Crippen molar-refractivity contribution in [1.82, 2.24) is 0 Å². The van der Waals surface area contributed by atoms with Gasteiger partial charge in [0, 0.05) is 17.7 Å². The van der Waals surface area contributed by atoms with Gasteiger partial charge in [-0.25, -0.2) is 0 Å². The van der Waals surface area contributed by atoms with Gasteiger partial charge >= 0.3 is 0 Å². The molecule has 0 heterocycles.